The Bertz CT molecular complexity index is 2510. The molecule has 1 aliphatic rings. The molecular weight excluding hydrogens is 615 g/mol. The summed E-state index contributed by atoms with van der Waals surface area (Å²) in [6.07, 6.45) is 1.98. The van der Waals surface area contributed by atoms with Crippen LogP contribution in [0.4, 0.5) is 5.69 Å². The third kappa shape index (κ3) is 5.85. The van der Waals surface area contributed by atoms with Gasteiger partial charge in [0, 0.05) is 5.71 Å². The van der Waals surface area contributed by atoms with Crippen LogP contribution in [0.2, 0.25) is 0 Å². The van der Waals surface area contributed by atoms with E-state index in [4.69, 9.17) is 4.99 Å². The summed E-state index contributed by atoms with van der Waals surface area (Å²) in [7, 11) is 0. The van der Waals surface area contributed by atoms with E-state index < -0.39 is 0 Å². The molecule has 2 atom stereocenters. The highest BCUT2D eigenvalue weighted by Gasteiger charge is 2.28. The molecule has 0 bridgehead atoms. The smallest absolute Gasteiger partial charge is 0.0668 e. The van der Waals surface area contributed by atoms with E-state index in [1.807, 2.05) is 0 Å². The lowest BCUT2D eigenvalue weighted by Gasteiger charge is -2.30. The van der Waals surface area contributed by atoms with Crippen molar-refractivity contribution in [3.63, 3.8) is 0 Å². The minimum Gasteiger partial charge on any atom is -0.253 e. The van der Waals surface area contributed by atoms with E-state index >= 15 is 0 Å². The van der Waals surface area contributed by atoms with Gasteiger partial charge in [-0.15, -0.1) is 0 Å². The van der Waals surface area contributed by atoms with Crippen molar-refractivity contribution in [1.29, 1.82) is 0 Å². The molecule has 244 valence electrons. The quantitative estimate of drug-likeness (QED) is 0.152. The average Bonchev–Trinajstić information content (AvgIpc) is 3.20. The van der Waals surface area contributed by atoms with Crippen molar-refractivity contribution in [3.05, 3.63) is 199 Å². The van der Waals surface area contributed by atoms with Gasteiger partial charge in [-0.3, -0.25) is 4.99 Å². The number of para-hydroxylation sites is 1. The van der Waals surface area contributed by atoms with Crippen molar-refractivity contribution in [2.75, 3.05) is 0 Å². The van der Waals surface area contributed by atoms with Gasteiger partial charge in [0.25, 0.3) is 0 Å². The van der Waals surface area contributed by atoms with Crippen LogP contribution in [0.25, 0.3) is 54.9 Å². The van der Waals surface area contributed by atoms with Crippen LogP contribution in [0.3, 0.4) is 0 Å². The van der Waals surface area contributed by atoms with E-state index in [0.29, 0.717) is 11.8 Å². The summed E-state index contributed by atoms with van der Waals surface area (Å²) in [4.78, 5) is 5.10. The van der Waals surface area contributed by atoms with Crippen LogP contribution in [0.1, 0.15) is 36.0 Å². The summed E-state index contributed by atoms with van der Waals surface area (Å²) < 4.78 is 0. The van der Waals surface area contributed by atoms with Gasteiger partial charge in [0.05, 0.1) is 5.69 Å². The zero-order valence-electron chi connectivity index (χ0n) is 28.8. The number of benzene rings is 8. The third-order valence-electron chi connectivity index (χ3n) is 10.8. The molecule has 0 fully saturated rings. The van der Waals surface area contributed by atoms with Gasteiger partial charge in [0.1, 0.15) is 0 Å². The van der Waals surface area contributed by atoms with Crippen molar-refractivity contribution in [3.8, 4) is 33.4 Å². The molecule has 1 heterocycles. The van der Waals surface area contributed by atoms with Gasteiger partial charge >= 0.3 is 0 Å². The molecule has 0 saturated heterocycles. The predicted octanol–water partition coefficient (Wildman–Crippen LogP) is 13.5. The van der Waals surface area contributed by atoms with E-state index in [1.54, 1.807) is 0 Å². The van der Waals surface area contributed by atoms with Crippen LogP contribution in [-0.4, -0.2) is 5.71 Å². The highest BCUT2D eigenvalue weighted by Crippen LogP contribution is 2.45. The van der Waals surface area contributed by atoms with Crippen LogP contribution in [0.5, 0.6) is 0 Å². The first-order valence-electron chi connectivity index (χ1n) is 18.1. The highest BCUT2D eigenvalue weighted by molar-refractivity contribution is 6.22. The van der Waals surface area contributed by atoms with Crippen LogP contribution in [-0.2, 0) is 6.42 Å². The van der Waals surface area contributed by atoms with Gasteiger partial charge in [-0.05, 0) is 108 Å². The SMILES string of the molecule is CC(Cc1ccc(-c2ccc3c(-c4ccccc4)c4ccccc4c(-c4ccccc4)c3c2)cc1)C1CC(c2ccccc2)=Nc2ccccc21. The van der Waals surface area contributed by atoms with E-state index in [1.165, 1.54) is 77.3 Å². The second-order valence-corrected chi connectivity index (χ2v) is 14.0. The Kier molecular flexibility index (Phi) is 8.10. The molecule has 8 aromatic carbocycles. The molecule has 1 aliphatic heterocycles. The zero-order chi connectivity index (χ0) is 34.1. The monoisotopic (exact) mass is 653 g/mol. The van der Waals surface area contributed by atoms with Gasteiger partial charge in [-0.2, -0.15) is 0 Å². The molecule has 0 amide bonds. The minimum absolute atomic E-state index is 0.416. The Morgan fingerprint density at radius 3 is 1.63 bits per heavy atom. The van der Waals surface area contributed by atoms with E-state index in [0.717, 1.165) is 18.5 Å². The van der Waals surface area contributed by atoms with Crippen LogP contribution in [0.15, 0.2) is 187 Å². The van der Waals surface area contributed by atoms with Gasteiger partial charge in [0.15, 0.2) is 0 Å². The fourth-order valence-corrected chi connectivity index (χ4v) is 8.27. The molecule has 1 nitrogen and oxygen atoms in total. The first-order chi connectivity index (χ1) is 25.2. The maximum atomic E-state index is 5.10. The topological polar surface area (TPSA) is 12.4 Å². The first-order valence-corrected chi connectivity index (χ1v) is 18.1. The second kappa shape index (κ2) is 13.3. The fourth-order valence-electron chi connectivity index (χ4n) is 8.27. The summed E-state index contributed by atoms with van der Waals surface area (Å²) >= 11 is 0. The Hall–Kier alpha value is -6.05. The molecule has 0 spiro atoms. The second-order valence-electron chi connectivity index (χ2n) is 14.0. The Morgan fingerprint density at radius 1 is 0.471 bits per heavy atom. The molecule has 9 rings (SSSR count). The molecule has 2 unspecified atom stereocenters. The van der Waals surface area contributed by atoms with Gasteiger partial charge in [-0.25, -0.2) is 0 Å². The molecule has 0 aromatic heterocycles. The Labute approximate surface area is 300 Å². The number of hydrogen-bond acceptors (Lipinski definition) is 1. The van der Waals surface area contributed by atoms with E-state index in [2.05, 4.69) is 189 Å². The summed E-state index contributed by atoms with van der Waals surface area (Å²) in [6, 6.07) is 66.4. The van der Waals surface area contributed by atoms with Crippen molar-refractivity contribution in [2.45, 2.75) is 25.7 Å². The van der Waals surface area contributed by atoms with Crippen molar-refractivity contribution >= 4 is 32.9 Å². The lowest BCUT2D eigenvalue weighted by molar-refractivity contribution is 0.464. The Morgan fingerprint density at radius 2 is 0.980 bits per heavy atom. The maximum Gasteiger partial charge on any atom is 0.0668 e. The van der Waals surface area contributed by atoms with Gasteiger partial charge in [0.2, 0.25) is 0 Å². The number of fused-ring (bicyclic) bond motifs is 3. The minimum atomic E-state index is 0.416. The number of rotatable bonds is 7. The summed E-state index contributed by atoms with van der Waals surface area (Å²) in [5.41, 5.74) is 13.8. The molecule has 0 aliphatic carbocycles. The molecular formula is C50H39N. The normalized spacial score (nSPS) is 14.6. The highest BCUT2D eigenvalue weighted by atomic mass is 14.8. The predicted molar refractivity (Wildman–Crippen MR) is 217 cm³/mol. The number of nitrogens with zero attached hydrogens (tertiary/aromatic N) is 1. The lowest BCUT2D eigenvalue weighted by atomic mass is 9.77. The van der Waals surface area contributed by atoms with Gasteiger partial charge < -0.3 is 0 Å². The van der Waals surface area contributed by atoms with Gasteiger partial charge in [-0.1, -0.05) is 177 Å². The average molecular weight is 654 g/mol. The third-order valence-corrected chi connectivity index (χ3v) is 10.8. The van der Waals surface area contributed by atoms with Crippen molar-refractivity contribution < 1.29 is 0 Å². The molecule has 8 aromatic rings. The molecule has 0 N–H and O–H groups in total. The lowest BCUT2D eigenvalue weighted by Crippen LogP contribution is -2.20. The van der Waals surface area contributed by atoms with Crippen molar-refractivity contribution in [1.82, 2.24) is 0 Å². The van der Waals surface area contributed by atoms with E-state index in [-0.39, 0.29) is 0 Å². The summed E-state index contributed by atoms with van der Waals surface area (Å²) in [5.74, 6) is 0.879. The molecule has 0 radical (unpaired) electrons. The van der Waals surface area contributed by atoms with E-state index in [9.17, 15) is 0 Å². The van der Waals surface area contributed by atoms with Crippen LogP contribution in [0, 0.1) is 5.92 Å². The maximum absolute atomic E-state index is 5.10. The first kappa shape index (κ1) is 31.0. The number of hydrogen-bond donors (Lipinski definition) is 0. The van der Waals surface area contributed by atoms with Crippen molar-refractivity contribution in [2.24, 2.45) is 10.9 Å². The fraction of sp³-hybridized carbons (Fsp3) is 0.100. The van der Waals surface area contributed by atoms with Crippen LogP contribution >= 0.6 is 0 Å². The largest absolute Gasteiger partial charge is 0.253 e. The summed E-state index contributed by atoms with van der Waals surface area (Å²) in [6.45, 7) is 2.41. The van der Waals surface area contributed by atoms with Crippen LogP contribution < -0.4 is 0 Å². The summed E-state index contributed by atoms with van der Waals surface area (Å²) in [5, 5.41) is 5.12. The standard InChI is InChI=1S/C50H39N/c1-34(45-33-48(37-15-5-2-6-16-37)51-47-24-14-13-21-41(45)47)31-35-25-27-36(28-26-35)40-29-30-44-46(32-40)50(39-19-9-4-10-20-39)43-23-12-11-22-42(43)49(44)38-17-7-3-8-18-38/h2-30,32,34,45H,31,33H2,1H3. The Balaban J connectivity index is 1.08. The molecule has 1 heteroatoms. The molecule has 51 heavy (non-hydrogen) atoms. The zero-order valence-corrected chi connectivity index (χ0v) is 28.8. The number of aliphatic imine (C=N–C) groups is 1. The molecule has 0 saturated carbocycles.